The van der Waals surface area contributed by atoms with Crippen molar-refractivity contribution in [1.29, 1.82) is 0 Å². The second-order valence-electron chi connectivity index (χ2n) is 5.90. The first-order chi connectivity index (χ1) is 12.5. The van der Waals surface area contributed by atoms with Gasteiger partial charge >= 0.3 is 0 Å². The number of halogens is 1. The van der Waals surface area contributed by atoms with Crippen LogP contribution in [0.2, 0.25) is 5.02 Å². The summed E-state index contributed by atoms with van der Waals surface area (Å²) in [5.74, 6) is 0.0395. The van der Waals surface area contributed by atoms with Crippen molar-refractivity contribution in [2.75, 3.05) is 31.0 Å². The number of anilines is 1. The minimum Gasteiger partial charge on any atom is -0.378 e. The lowest BCUT2D eigenvalue weighted by Gasteiger charge is -2.26. The van der Waals surface area contributed by atoms with Gasteiger partial charge in [0, 0.05) is 18.8 Å². The number of ether oxygens (including phenoxy) is 1. The number of sulfonamides is 1. The Labute approximate surface area is 157 Å². The molecule has 1 aliphatic rings. The van der Waals surface area contributed by atoms with Crippen molar-refractivity contribution >= 4 is 33.2 Å². The molecular formula is C18H19ClN2O4S. The molecule has 8 heteroatoms. The summed E-state index contributed by atoms with van der Waals surface area (Å²) >= 11 is 5.96. The van der Waals surface area contributed by atoms with Crippen molar-refractivity contribution < 1.29 is 17.9 Å². The molecule has 0 bridgehead atoms. The predicted octanol–water partition coefficient (Wildman–Crippen LogP) is 2.54. The van der Waals surface area contributed by atoms with Crippen LogP contribution in [-0.4, -0.2) is 45.5 Å². The first kappa shape index (κ1) is 18.7. The molecule has 1 amide bonds. The SMILES string of the molecule is O=C(Cc1ccc(NS(=O)(=O)c2ccccc2Cl)cc1)N1CCOCC1. The van der Waals surface area contributed by atoms with Gasteiger partial charge in [-0.15, -0.1) is 0 Å². The predicted molar refractivity (Wildman–Crippen MR) is 99.8 cm³/mol. The highest BCUT2D eigenvalue weighted by Gasteiger charge is 2.19. The zero-order valence-electron chi connectivity index (χ0n) is 14.0. The van der Waals surface area contributed by atoms with Gasteiger partial charge in [-0.1, -0.05) is 35.9 Å². The molecule has 138 valence electrons. The van der Waals surface area contributed by atoms with E-state index in [9.17, 15) is 13.2 Å². The molecule has 0 atom stereocenters. The lowest BCUT2D eigenvalue weighted by atomic mass is 10.1. The van der Waals surface area contributed by atoms with Crippen molar-refractivity contribution in [3.05, 3.63) is 59.1 Å². The highest BCUT2D eigenvalue weighted by molar-refractivity contribution is 7.92. The van der Waals surface area contributed by atoms with Gasteiger partial charge in [0.2, 0.25) is 5.91 Å². The van der Waals surface area contributed by atoms with Crippen molar-refractivity contribution in [2.45, 2.75) is 11.3 Å². The summed E-state index contributed by atoms with van der Waals surface area (Å²) in [4.78, 5) is 14.0. The third-order valence-electron chi connectivity index (χ3n) is 4.05. The lowest BCUT2D eigenvalue weighted by Crippen LogP contribution is -2.41. The van der Waals surface area contributed by atoms with E-state index in [2.05, 4.69) is 4.72 Å². The second kappa shape index (κ2) is 8.07. The Morgan fingerprint density at radius 2 is 1.73 bits per heavy atom. The maximum Gasteiger partial charge on any atom is 0.263 e. The molecule has 0 aromatic heterocycles. The van der Waals surface area contributed by atoms with Crippen LogP contribution >= 0.6 is 11.6 Å². The largest absolute Gasteiger partial charge is 0.378 e. The second-order valence-corrected chi connectivity index (χ2v) is 7.96. The van der Waals surface area contributed by atoms with Crippen LogP contribution in [0, 0.1) is 0 Å². The third kappa shape index (κ3) is 4.55. The minimum atomic E-state index is -3.77. The van der Waals surface area contributed by atoms with Crippen LogP contribution in [-0.2, 0) is 26.0 Å². The molecule has 0 saturated carbocycles. The summed E-state index contributed by atoms with van der Waals surface area (Å²) in [6.07, 6.45) is 0.275. The molecule has 0 unspecified atom stereocenters. The molecule has 3 rings (SSSR count). The molecule has 2 aromatic rings. The summed E-state index contributed by atoms with van der Waals surface area (Å²) < 4.78 is 32.6. The fourth-order valence-electron chi connectivity index (χ4n) is 2.66. The number of benzene rings is 2. The molecular weight excluding hydrogens is 376 g/mol. The van der Waals surface area contributed by atoms with E-state index in [0.717, 1.165) is 5.56 Å². The Kier molecular flexibility index (Phi) is 5.80. The van der Waals surface area contributed by atoms with E-state index in [4.69, 9.17) is 16.3 Å². The molecule has 6 nitrogen and oxygen atoms in total. The van der Waals surface area contributed by atoms with Gasteiger partial charge in [-0.05, 0) is 29.8 Å². The van der Waals surface area contributed by atoms with E-state index in [0.29, 0.717) is 32.0 Å². The summed E-state index contributed by atoms with van der Waals surface area (Å²) in [7, 11) is -3.77. The molecule has 0 spiro atoms. The number of morpholine rings is 1. The minimum absolute atomic E-state index is 0.0215. The van der Waals surface area contributed by atoms with Crippen LogP contribution in [0.5, 0.6) is 0 Å². The standard InChI is InChI=1S/C18H19ClN2O4S/c19-16-3-1-2-4-17(16)26(23,24)20-15-7-5-14(6-8-15)13-18(22)21-9-11-25-12-10-21/h1-8,20H,9-13H2. The highest BCUT2D eigenvalue weighted by Crippen LogP contribution is 2.23. The van der Waals surface area contributed by atoms with E-state index < -0.39 is 10.0 Å². The molecule has 1 saturated heterocycles. The monoisotopic (exact) mass is 394 g/mol. The third-order valence-corrected chi connectivity index (χ3v) is 5.93. The zero-order chi connectivity index (χ0) is 18.6. The fourth-order valence-corrected chi connectivity index (χ4v) is 4.24. The Balaban J connectivity index is 1.66. The maximum atomic E-state index is 12.4. The van der Waals surface area contributed by atoms with Gasteiger partial charge in [-0.2, -0.15) is 0 Å². The van der Waals surface area contributed by atoms with Gasteiger partial charge in [0.1, 0.15) is 4.90 Å². The summed E-state index contributed by atoms with van der Waals surface area (Å²) in [6.45, 7) is 2.34. The number of carbonyl (C=O) groups is 1. The Morgan fingerprint density at radius 1 is 1.08 bits per heavy atom. The van der Waals surface area contributed by atoms with Gasteiger partial charge < -0.3 is 9.64 Å². The first-order valence-corrected chi connectivity index (χ1v) is 10.0. The molecule has 1 N–H and O–H groups in total. The molecule has 1 fully saturated rings. The van der Waals surface area contributed by atoms with E-state index >= 15 is 0 Å². The fraction of sp³-hybridized carbons (Fsp3) is 0.278. The molecule has 1 heterocycles. The van der Waals surface area contributed by atoms with Crippen molar-refractivity contribution in [2.24, 2.45) is 0 Å². The van der Waals surface area contributed by atoms with Crippen LogP contribution in [0.1, 0.15) is 5.56 Å². The normalized spacial score (nSPS) is 14.9. The molecule has 2 aromatic carbocycles. The average Bonchev–Trinajstić information content (AvgIpc) is 2.64. The number of nitrogens with zero attached hydrogens (tertiary/aromatic N) is 1. The first-order valence-electron chi connectivity index (χ1n) is 8.17. The number of nitrogens with one attached hydrogen (secondary N) is 1. The number of amides is 1. The van der Waals surface area contributed by atoms with Crippen LogP contribution in [0.3, 0.4) is 0 Å². The average molecular weight is 395 g/mol. The van der Waals surface area contributed by atoms with Crippen molar-refractivity contribution in [3.8, 4) is 0 Å². The smallest absolute Gasteiger partial charge is 0.263 e. The number of rotatable bonds is 5. The molecule has 0 radical (unpaired) electrons. The van der Waals surface area contributed by atoms with E-state index in [1.807, 2.05) is 0 Å². The maximum absolute atomic E-state index is 12.4. The molecule has 0 aliphatic carbocycles. The summed E-state index contributed by atoms with van der Waals surface area (Å²) in [6, 6.07) is 13.0. The van der Waals surface area contributed by atoms with Crippen LogP contribution in [0.15, 0.2) is 53.4 Å². The number of carbonyl (C=O) groups excluding carboxylic acids is 1. The summed E-state index contributed by atoms with van der Waals surface area (Å²) in [5.41, 5.74) is 1.23. The quantitative estimate of drug-likeness (QED) is 0.845. The van der Waals surface area contributed by atoms with Crippen molar-refractivity contribution in [1.82, 2.24) is 4.90 Å². The molecule has 26 heavy (non-hydrogen) atoms. The lowest BCUT2D eigenvalue weighted by molar-refractivity contribution is -0.134. The molecule has 1 aliphatic heterocycles. The van der Waals surface area contributed by atoms with Gasteiger partial charge in [-0.25, -0.2) is 8.42 Å². The zero-order valence-corrected chi connectivity index (χ0v) is 15.6. The number of hydrogen-bond donors (Lipinski definition) is 1. The van der Waals surface area contributed by atoms with E-state index in [-0.39, 0.29) is 22.2 Å². The van der Waals surface area contributed by atoms with Crippen LogP contribution in [0.4, 0.5) is 5.69 Å². The Morgan fingerprint density at radius 3 is 2.38 bits per heavy atom. The topological polar surface area (TPSA) is 75.7 Å². The highest BCUT2D eigenvalue weighted by atomic mass is 35.5. The van der Waals surface area contributed by atoms with Crippen LogP contribution in [0.25, 0.3) is 0 Å². The Hall–Kier alpha value is -2.09. The summed E-state index contributed by atoms with van der Waals surface area (Å²) in [5, 5.41) is 0.160. The van der Waals surface area contributed by atoms with Gasteiger partial charge in [0.25, 0.3) is 10.0 Å². The van der Waals surface area contributed by atoms with Gasteiger partial charge in [0.15, 0.2) is 0 Å². The van der Waals surface area contributed by atoms with E-state index in [1.165, 1.54) is 12.1 Å². The number of hydrogen-bond acceptors (Lipinski definition) is 4. The van der Waals surface area contributed by atoms with Crippen LogP contribution < -0.4 is 4.72 Å². The van der Waals surface area contributed by atoms with Gasteiger partial charge in [-0.3, -0.25) is 9.52 Å². The van der Waals surface area contributed by atoms with Crippen molar-refractivity contribution in [3.63, 3.8) is 0 Å². The van der Waals surface area contributed by atoms with E-state index in [1.54, 1.807) is 41.3 Å². The Bertz CT molecular complexity index is 878. The van der Waals surface area contributed by atoms with Gasteiger partial charge in [0.05, 0.1) is 24.7 Å².